The second-order valence-corrected chi connectivity index (χ2v) is 4.57. The molecule has 3 heteroatoms. The zero-order valence-corrected chi connectivity index (χ0v) is 10.6. The quantitative estimate of drug-likeness (QED) is 0.892. The van der Waals surface area contributed by atoms with Gasteiger partial charge in [0.25, 0.3) is 0 Å². The van der Waals surface area contributed by atoms with Crippen LogP contribution >= 0.6 is 0 Å². The minimum absolute atomic E-state index is 0.872. The summed E-state index contributed by atoms with van der Waals surface area (Å²) >= 11 is 0. The molecular formula is C15H17N3. The summed E-state index contributed by atoms with van der Waals surface area (Å²) in [5.41, 5.74) is 5.26. The molecule has 0 amide bonds. The Balaban J connectivity index is 2.02. The van der Waals surface area contributed by atoms with E-state index in [-0.39, 0.29) is 0 Å². The lowest BCUT2D eigenvalue weighted by Gasteiger charge is -2.22. The predicted octanol–water partition coefficient (Wildman–Crippen LogP) is 2.50. The third-order valence-electron chi connectivity index (χ3n) is 3.43. The number of hydrogen-bond donors (Lipinski definition) is 1. The molecule has 2 heterocycles. The number of hydrogen-bond acceptors (Lipinski definition) is 3. The van der Waals surface area contributed by atoms with E-state index in [0.717, 1.165) is 19.5 Å². The van der Waals surface area contributed by atoms with Crippen molar-refractivity contribution < 1.29 is 0 Å². The molecule has 1 aromatic carbocycles. The number of para-hydroxylation sites is 1. The fourth-order valence-corrected chi connectivity index (χ4v) is 2.59. The zero-order chi connectivity index (χ0) is 12.4. The molecule has 0 radical (unpaired) electrons. The Morgan fingerprint density at radius 1 is 1.22 bits per heavy atom. The molecule has 3 rings (SSSR count). The standard InChI is InChI=1S/C15H17N3/c1-16-10-13-6-8-17-11-15(13)18-9-7-12-4-2-3-5-14(12)18/h2-6,8,11,16H,7,9-10H2,1H3. The maximum atomic E-state index is 4.28. The van der Waals surface area contributed by atoms with E-state index in [1.165, 1.54) is 22.5 Å². The number of rotatable bonds is 3. The molecule has 2 aromatic rings. The van der Waals surface area contributed by atoms with Crippen molar-refractivity contribution in [2.75, 3.05) is 18.5 Å². The van der Waals surface area contributed by atoms with Crippen molar-refractivity contribution in [3.8, 4) is 0 Å². The largest absolute Gasteiger partial charge is 0.339 e. The summed E-state index contributed by atoms with van der Waals surface area (Å²) in [6.45, 7) is 1.91. The van der Waals surface area contributed by atoms with Crippen LogP contribution in [0.3, 0.4) is 0 Å². The molecule has 1 aromatic heterocycles. The Bertz CT molecular complexity index is 551. The first-order valence-electron chi connectivity index (χ1n) is 6.33. The molecule has 0 saturated heterocycles. The molecule has 1 N–H and O–H groups in total. The van der Waals surface area contributed by atoms with Gasteiger partial charge in [-0.2, -0.15) is 0 Å². The monoisotopic (exact) mass is 239 g/mol. The summed E-state index contributed by atoms with van der Waals surface area (Å²) in [5, 5.41) is 3.22. The Morgan fingerprint density at radius 2 is 2.11 bits per heavy atom. The highest BCUT2D eigenvalue weighted by Crippen LogP contribution is 2.35. The first kappa shape index (κ1) is 11.2. The van der Waals surface area contributed by atoms with Crippen LogP contribution in [0.25, 0.3) is 0 Å². The lowest BCUT2D eigenvalue weighted by Crippen LogP contribution is -2.17. The number of pyridine rings is 1. The SMILES string of the molecule is CNCc1ccncc1N1CCc2ccccc21. The summed E-state index contributed by atoms with van der Waals surface area (Å²) < 4.78 is 0. The Kier molecular flexibility index (Phi) is 2.99. The van der Waals surface area contributed by atoms with Gasteiger partial charge in [-0.3, -0.25) is 4.98 Å². The molecular weight excluding hydrogens is 222 g/mol. The fourth-order valence-electron chi connectivity index (χ4n) is 2.59. The summed E-state index contributed by atoms with van der Waals surface area (Å²) in [5.74, 6) is 0. The van der Waals surface area contributed by atoms with Gasteiger partial charge < -0.3 is 10.2 Å². The van der Waals surface area contributed by atoms with Gasteiger partial charge >= 0.3 is 0 Å². The van der Waals surface area contributed by atoms with Crippen LogP contribution in [0.1, 0.15) is 11.1 Å². The van der Waals surface area contributed by atoms with Gasteiger partial charge in [-0.05, 0) is 36.7 Å². The molecule has 92 valence electrons. The van der Waals surface area contributed by atoms with E-state index in [1.807, 2.05) is 19.4 Å². The summed E-state index contributed by atoms with van der Waals surface area (Å²) in [4.78, 5) is 6.65. The average molecular weight is 239 g/mol. The molecule has 0 spiro atoms. The molecule has 0 atom stereocenters. The third kappa shape index (κ3) is 1.87. The van der Waals surface area contributed by atoms with Crippen LogP contribution in [0.4, 0.5) is 11.4 Å². The minimum Gasteiger partial charge on any atom is -0.339 e. The number of anilines is 2. The van der Waals surface area contributed by atoms with Crippen molar-refractivity contribution in [1.82, 2.24) is 10.3 Å². The van der Waals surface area contributed by atoms with Crippen molar-refractivity contribution in [1.29, 1.82) is 0 Å². The number of fused-ring (bicyclic) bond motifs is 1. The summed E-state index contributed by atoms with van der Waals surface area (Å²) in [7, 11) is 1.97. The van der Waals surface area contributed by atoms with E-state index >= 15 is 0 Å². The molecule has 0 aliphatic carbocycles. The molecule has 0 unspecified atom stereocenters. The number of aromatic nitrogens is 1. The number of nitrogens with one attached hydrogen (secondary N) is 1. The third-order valence-corrected chi connectivity index (χ3v) is 3.43. The normalized spacial score (nSPS) is 13.7. The minimum atomic E-state index is 0.872. The molecule has 18 heavy (non-hydrogen) atoms. The summed E-state index contributed by atoms with van der Waals surface area (Å²) in [6, 6.07) is 10.7. The highest BCUT2D eigenvalue weighted by Gasteiger charge is 2.21. The average Bonchev–Trinajstić information content (AvgIpc) is 2.84. The van der Waals surface area contributed by atoms with E-state index in [2.05, 4.69) is 45.5 Å². The Labute approximate surface area is 107 Å². The van der Waals surface area contributed by atoms with E-state index in [1.54, 1.807) is 0 Å². The maximum Gasteiger partial charge on any atom is 0.0643 e. The summed E-state index contributed by atoms with van der Waals surface area (Å²) in [6.07, 6.45) is 4.94. The highest BCUT2D eigenvalue weighted by atomic mass is 15.2. The highest BCUT2D eigenvalue weighted by molar-refractivity contribution is 5.71. The van der Waals surface area contributed by atoms with E-state index in [0.29, 0.717) is 0 Å². The van der Waals surface area contributed by atoms with Crippen LogP contribution in [-0.4, -0.2) is 18.6 Å². The topological polar surface area (TPSA) is 28.2 Å². The van der Waals surface area contributed by atoms with Gasteiger partial charge in [-0.25, -0.2) is 0 Å². The van der Waals surface area contributed by atoms with Gasteiger partial charge in [0, 0.05) is 25.0 Å². The lowest BCUT2D eigenvalue weighted by atomic mass is 10.1. The van der Waals surface area contributed by atoms with Crippen LogP contribution in [0.15, 0.2) is 42.7 Å². The first-order chi connectivity index (χ1) is 8.90. The maximum absolute atomic E-state index is 4.28. The molecule has 0 fully saturated rings. The molecule has 0 bridgehead atoms. The van der Waals surface area contributed by atoms with Crippen molar-refractivity contribution in [2.45, 2.75) is 13.0 Å². The fraction of sp³-hybridized carbons (Fsp3) is 0.267. The second-order valence-electron chi connectivity index (χ2n) is 4.57. The lowest BCUT2D eigenvalue weighted by molar-refractivity contribution is 0.811. The van der Waals surface area contributed by atoms with E-state index in [4.69, 9.17) is 0 Å². The van der Waals surface area contributed by atoms with Crippen molar-refractivity contribution >= 4 is 11.4 Å². The second kappa shape index (κ2) is 4.78. The van der Waals surface area contributed by atoms with Crippen molar-refractivity contribution in [3.63, 3.8) is 0 Å². The van der Waals surface area contributed by atoms with Crippen molar-refractivity contribution in [2.24, 2.45) is 0 Å². The van der Waals surface area contributed by atoms with Crippen LogP contribution in [0, 0.1) is 0 Å². The molecule has 1 aliphatic heterocycles. The van der Waals surface area contributed by atoms with Gasteiger partial charge in [0.2, 0.25) is 0 Å². The van der Waals surface area contributed by atoms with E-state index in [9.17, 15) is 0 Å². The van der Waals surface area contributed by atoms with Crippen LogP contribution < -0.4 is 10.2 Å². The van der Waals surface area contributed by atoms with Gasteiger partial charge in [0.15, 0.2) is 0 Å². The first-order valence-corrected chi connectivity index (χ1v) is 6.33. The van der Waals surface area contributed by atoms with Gasteiger partial charge in [-0.1, -0.05) is 18.2 Å². The van der Waals surface area contributed by atoms with Gasteiger partial charge in [-0.15, -0.1) is 0 Å². The van der Waals surface area contributed by atoms with Crippen molar-refractivity contribution in [3.05, 3.63) is 53.9 Å². The van der Waals surface area contributed by atoms with Crippen LogP contribution in [0.5, 0.6) is 0 Å². The van der Waals surface area contributed by atoms with Crippen LogP contribution in [0.2, 0.25) is 0 Å². The number of benzene rings is 1. The number of nitrogens with zero attached hydrogens (tertiary/aromatic N) is 2. The molecule has 1 aliphatic rings. The smallest absolute Gasteiger partial charge is 0.0643 e. The zero-order valence-electron chi connectivity index (χ0n) is 10.6. The van der Waals surface area contributed by atoms with Gasteiger partial charge in [0.1, 0.15) is 0 Å². The van der Waals surface area contributed by atoms with Gasteiger partial charge in [0.05, 0.1) is 11.9 Å². The Morgan fingerprint density at radius 3 is 3.00 bits per heavy atom. The van der Waals surface area contributed by atoms with Crippen LogP contribution in [-0.2, 0) is 13.0 Å². The predicted molar refractivity (Wildman–Crippen MR) is 74.2 cm³/mol. The Hall–Kier alpha value is -1.87. The van der Waals surface area contributed by atoms with E-state index < -0.39 is 0 Å². The molecule has 3 nitrogen and oxygen atoms in total. The molecule has 0 saturated carbocycles.